The molecule has 5 nitrogen and oxygen atoms in total. The highest BCUT2D eigenvalue weighted by atomic mass is 16.3. The molecule has 102 valence electrons. The van der Waals surface area contributed by atoms with Crippen LogP contribution in [0.25, 0.3) is 0 Å². The van der Waals surface area contributed by atoms with Crippen LogP contribution in [0.5, 0.6) is 0 Å². The Bertz CT molecular complexity index is 525. The molecule has 2 rings (SSSR count). The Morgan fingerprint density at radius 1 is 1.47 bits per heavy atom. The SMILES string of the molecule is CC(C)C(CO)C(=O)N1C(=O)Cc2cc(N)ccc21. The van der Waals surface area contributed by atoms with Crippen molar-refractivity contribution in [1.82, 2.24) is 0 Å². The summed E-state index contributed by atoms with van der Waals surface area (Å²) >= 11 is 0. The molecule has 0 saturated heterocycles. The van der Waals surface area contributed by atoms with Gasteiger partial charge in [0.25, 0.3) is 0 Å². The van der Waals surface area contributed by atoms with Gasteiger partial charge in [0.2, 0.25) is 11.8 Å². The number of hydrogen-bond acceptors (Lipinski definition) is 4. The molecular formula is C14H18N2O3. The molecule has 1 aromatic rings. The molecule has 1 aromatic carbocycles. The third-order valence-corrected chi connectivity index (χ3v) is 3.47. The van der Waals surface area contributed by atoms with E-state index in [1.165, 1.54) is 4.90 Å². The van der Waals surface area contributed by atoms with E-state index in [1.54, 1.807) is 18.2 Å². The highest BCUT2D eigenvalue weighted by molar-refractivity contribution is 6.20. The van der Waals surface area contributed by atoms with E-state index in [0.717, 1.165) is 5.56 Å². The molecule has 0 radical (unpaired) electrons. The second-order valence-corrected chi connectivity index (χ2v) is 5.17. The molecule has 3 N–H and O–H groups in total. The number of benzene rings is 1. The second kappa shape index (κ2) is 5.01. The minimum atomic E-state index is -0.563. The van der Waals surface area contributed by atoms with Crippen LogP contribution >= 0.6 is 0 Å². The number of anilines is 2. The quantitative estimate of drug-likeness (QED) is 0.794. The molecule has 1 heterocycles. The lowest BCUT2D eigenvalue weighted by atomic mass is 9.95. The fourth-order valence-corrected chi connectivity index (χ4v) is 2.32. The van der Waals surface area contributed by atoms with Crippen molar-refractivity contribution in [3.63, 3.8) is 0 Å². The maximum absolute atomic E-state index is 12.4. The molecule has 1 aliphatic heterocycles. The first-order chi connectivity index (χ1) is 8.95. The first-order valence-electron chi connectivity index (χ1n) is 6.31. The van der Waals surface area contributed by atoms with Crippen LogP contribution in [0.15, 0.2) is 18.2 Å². The largest absolute Gasteiger partial charge is 0.399 e. The average Bonchev–Trinajstić information content (AvgIpc) is 2.64. The Balaban J connectivity index is 2.36. The summed E-state index contributed by atoms with van der Waals surface area (Å²) < 4.78 is 0. The number of hydrogen-bond donors (Lipinski definition) is 2. The summed E-state index contributed by atoms with van der Waals surface area (Å²) in [5, 5.41) is 9.33. The lowest BCUT2D eigenvalue weighted by Crippen LogP contribution is -2.41. The lowest BCUT2D eigenvalue weighted by Gasteiger charge is -2.23. The van der Waals surface area contributed by atoms with Gasteiger partial charge in [-0.2, -0.15) is 0 Å². The van der Waals surface area contributed by atoms with Crippen molar-refractivity contribution in [3.05, 3.63) is 23.8 Å². The molecule has 1 unspecified atom stereocenters. The van der Waals surface area contributed by atoms with E-state index in [1.807, 2.05) is 13.8 Å². The van der Waals surface area contributed by atoms with E-state index in [2.05, 4.69) is 0 Å². The number of nitrogens with two attached hydrogens (primary N) is 1. The molecule has 0 aromatic heterocycles. The summed E-state index contributed by atoms with van der Waals surface area (Å²) in [5.41, 5.74) is 7.60. The second-order valence-electron chi connectivity index (χ2n) is 5.17. The van der Waals surface area contributed by atoms with E-state index < -0.39 is 5.92 Å². The fourth-order valence-electron chi connectivity index (χ4n) is 2.32. The van der Waals surface area contributed by atoms with Crippen molar-refractivity contribution in [2.75, 3.05) is 17.2 Å². The number of nitrogens with zero attached hydrogens (tertiary/aromatic N) is 1. The summed E-state index contributed by atoms with van der Waals surface area (Å²) in [5.74, 6) is -1.19. The van der Waals surface area contributed by atoms with Gasteiger partial charge in [0.15, 0.2) is 0 Å². The summed E-state index contributed by atoms with van der Waals surface area (Å²) in [6.45, 7) is 3.44. The van der Waals surface area contributed by atoms with Crippen LogP contribution in [0, 0.1) is 11.8 Å². The van der Waals surface area contributed by atoms with Gasteiger partial charge < -0.3 is 10.8 Å². The predicted molar refractivity (Wildman–Crippen MR) is 72.5 cm³/mol. The Morgan fingerprint density at radius 2 is 2.16 bits per heavy atom. The minimum absolute atomic E-state index is 0.0249. The number of carbonyl (C=O) groups excluding carboxylic acids is 2. The summed E-state index contributed by atoms with van der Waals surface area (Å²) in [6.07, 6.45) is 0.183. The third kappa shape index (κ3) is 2.33. The number of fused-ring (bicyclic) bond motifs is 1. The third-order valence-electron chi connectivity index (χ3n) is 3.47. The van der Waals surface area contributed by atoms with Crippen LogP contribution in [0.4, 0.5) is 11.4 Å². The van der Waals surface area contributed by atoms with Crippen molar-refractivity contribution in [2.45, 2.75) is 20.3 Å². The molecule has 0 saturated carbocycles. The van der Waals surface area contributed by atoms with Crippen LogP contribution in [0.3, 0.4) is 0 Å². The van der Waals surface area contributed by atoms with Crippen LogP contribution in [-0.2, 0) is 16.0 Å². The maximum Gasteiger partial charge on any atom is 0.239 e. The van der Waals surface area contributed by atoms with E-state index >= 15 is 0 Å². The number of aliphatic hydroxyl groups excluding tert-OH is 1. The lowest BCUT2D eigenvalue weighted by molar-refractivity contribution is -0.129. The molecule has 19 heavy (non-hydrogen) atoms. The van der Waals surface area contributed by atoms with Gasteiger partial charge in [0, 0.05) is 5.69 Å². The Morgan fingerprint density at radius 3 is 2.74 bits per heavy atom. The zero-order valence-electron chi connectivity index (χ0n) is 11.1. The van der Waals surface area contributed by atoms with E-state index in [9.17, 15) is 14.7 Å². The highest BCUT2D eigenvalue weighted by Crippen LogP contribution is 2.32. The molecule has 1 aliphatic rings. The summed E-state index contributed by atoms with van der Waals surface area (Å²) in [7, 11) is 0. The Labute approximate surface area is 112 Å². The monoisotopic (exact) mass is 262 g/mol. The first-order valence-corrected chi connectivity index (χ1v) is 6.31. The topological polar surface area (TPSA) is 83.6 Å². The Hall–Kier alpha value is -1.88. The van der Waals surface area contributed by atoms with Gasteiger partial charge in [0.05, 0.1) is 24.6 Å². The molecule has 0 fully saturated rings. The smallest absolute Gasteiger partial charge is 0.239 e. The molecule has 5 heteroatoms. The van der Waals surface area contributed by atoms with Gasteiger partial charge in [-0.3, -0.25) is 9.59 Å². The summed E-state index contributed by atoms with van der Waals surface area (Å²) in [6, 6.07) is 5.06. The van der Waals surface area contributed by atoms with Crippen molar-refractivity contribution in [1.29, 1.82) is 0 Å². The normalized spacial score (nSPS) is 15.8. The number of carbonyl (C=O) groups is 2. The zero-order chi connectivity index (χ0) is 14.2. The van der Waals surface area contributed by atoms with Crippen LogP contribution in [-0.4, -0.2) is 23.5 Å². The Kier molecular flexibility index (Phi) is 3.57. The van der Waals surface area contributed by atoms with Crippen molar-refractivity contribution < 1.29 is 14.7 Å². The van der Waals surface area contributed by atoms with E-state index in [4.69, 9.17) is 5.73 Å². The molecule has 0 aliphatic carbocycles. The van der Waals surface area contributed by atoms with Gasteiger partial charge in [0.1, 0.15) is 0 Å². The molecule has 2 amide bonds. The van der Waals surface area contributed by atoms with Crippen LogP contribution < -0.4 is 10.6 Å². The van der Waals surface area contributed by atoms with Crippen LogP contribution in [0.2, 0.25) is 0 Å². The van der Waals surface area contributed by atoms with Gasteiger partial charge in [-0.05, 0) is 29.7 Å². The van der Waals surface area contributed by atoms with Gasteiger partial charge in [-0.1, -0.05) is 13.8 Å². The van der Waals surface area contributed by atoms with Crippen molar-refractivity contribution in [2.24, 2.45) is 11.8 Å². The molecule has 0 spiro atoms. The molecular weight excluding hydrogens is 244 g/mol. The van der Waals surface area contributed by atoms with Crippen LogP contribution in [0.1, 0.15) is 19.4 Å². The number of rotatable bonds is 3. The van der Waals surface area contributed by atoms with Crippen molar-refractivity contribution in [3.8, 4) is 0 Å². The first kappa shape index (κ1) is 13.5. The maximum atomic E-state index is 12.4. The van der Waals surface area contributed by atoms with Gasteiger partial charge in [-0.25, -0.2) is 4.90 Å². The average molecular weight is 262 g/mol. The fraction of sp³-hybridized carbons (Fsp3) is 0.429. The highest BCUT2D eigenvalue weighted by Gasteiger charge is 2.36. The minimum Gasteiger partial charge on any atom is -0.399 e. The zero-order valence-corrected chi connectivity index (χ0v) is 11.1. The number of aliphatic hydroxyl groups is 1. The van der Waals surface area contributed by atoms with Gasteiger partial charge in [-0.15, -0.1) is 0 Å². The van der Waals surface area contributed by atoms with Crippen molar-refractivity contribution >= 4 is 23.2 Å². The number of nitrogen functional groups attached to an aromatic ring is 1. The van der Waals surface area contributed by atoms with E-state index in [0.29, 0.717) is 11.4 Å². The standard InChI is InChI=1S/C14H18N2O3/c1-8(2)11(7-17)14(19)16-12-4-3-10(15)5-9(12)6-13(16)18/h3-5,8,11,17H,6-7,15H2,1-2H3. The number of amides is 2. The number of imide groups is 1. The van der Waals surface area contributed by atoms with E-state index in [-0.39, 0.29) is 30.8 Å². The summed E-state index contributed by atoms with van der Waals surface area (Å²) in [4.78, 5) is 25.6. The predicted octanol–water partition coefficient (Wildman–Crippen LogP) is 0.949. The molecule has 1 atom stereocenters. The van der Waals surface area contributed by atoms with Gasteiger partial charge >= 0.3 is 0 Å². The molecule has 0 bridgehead atoms.